The standard InChI is InChI=1S/C9H17F3O3/c1-2-15-6-4-3-5-7(13)8(14)9(10,11)12/h7-8,13-14H,2-6H2,1H3. The molecule has 0 bridgehead atoms. The van der Waals surface area contributed by atoms with Crippen LogP contribution in [0, 0.1) is 0 Å². The second-order valence-electron chi connectivity index (χ2n) is 3.25. The van der Waals surface area contributed by atoms with E-state index in [2.05, 4.69) is 0 Å². The van der Waals surface area contributed by atoms with Gasteiger partial charge < -0.3 is 14.9 Å². The molecule has 0 aliphatic heterocycles. The fraction of sp³-hybridized carbons (Fsp3) is 1.00. The van der Waals surface area contributed by atoms with Gasteiger partial charge in [-0.05, 0) is 26.2 Å². The predicted molar refractivity (Wildman–Crippen MR) is 48.4 cm³/mol. The quantitative estimate of drug-likeness (QED) is 0.651. The molecule has 92 valence electrons. The fourth-order valence-electron chi connectivity index (χ4n) is 1.08. The lowest BCUT2D eigenvalue weighted by molar-refractivity contribution is -0.230. The van der Waals surface area contributed by atoms with Gasteiger partial charge in [-0.25, -0.2) is 0 Å². The van der Waals surface area contributed by atoms with Crippen LogP contribution in [0.2, 0.25) is 0 Å². The summed E-state index contributed by atoms with van der Waals surface area (Å²) in [5.74, 6) is 0. The molecule has 0 aliphatic rings. The van der Waals surface area contributed by atoms with E-state index in [9.17, 15) is 13.2 Å². The number of rotatable bonds is 7. The molecule has 0 aromatic rings. The van der Waals surface area contributed by atoms with Crippen LogP contribution in [0.5, 0.6) is 0 Å². The van der Waals surface area contributed by atoms with Gasteiger partial charge in [0.05, 0.1) is 6.10 Å². The Balaban J connectivity index is 3.60. The third-order valence-electron chi connectivity index (χ3n) is 1.94. The summed E-state index contributed by atoms with van der Waals surface area (Å²) < 4.78 is 40.7. The minimum atomic E-state index is -4.75. The number of aliphatic hydroxyl groups is 2. The maximum Gasteiger partial charge on any atom is 0.416 e. The van der Waals surface area contributed by atoms with Crippen LogP contribution in [0.25, 0.3) is 0 Å². The van der Waals surface area contributed by atoms with Crippen LogP contribution in [-0.2, 0) is 4.74 Å². The smallest absolute Gasteiger partial charge is 0.390 e. The van der Waals surface area contributed by atoms with Crippen LogP contribution in [0.3, 0.4) is 0 Å². The van der Waals surface area contributed by atoms with Crippen LogP contribution in [0.15, 0.2) is 0 Å². The summed E-state index contributed by atoms with van der Waals surface area (Å²) in [4.78, 5) is 0. The van der Waals surface area contributed by atoms with Crippen molar-refractivity contribution in [1.82, 2.24) is 0 Å². The van der Waals surface area contributed by atoms with Crippen LogP contribution >= 0.6 is 0 Å². The SMILES string of the molecule is CCOCCCCC(O)C(O)C(F)(F)F. The number of hydrogen-bond acceptors (Lipinski definition) is 3. The number of ether oxygens (including phenoxy) is 1. The lowest BCUT2D eigenvalue weighted by Crippen LogP contribution is -2.39. The zero-order valence-electron chi connectivity index (χ0n) is 8.63. The highest BCUT2D eigenvalue weighted by atomic mass is 19.4. The normalized spacial score (nSPS) is 16.4. The van der Waals surface area contributed by atoms with Gasteiger partial charge in [-0.15, -0.1) is 0 Å². The molecule has 2 atom stereocenters. The summed E-state index contributed by atoms with van der Waals surface area (Å²) in [7, 11) is 0. The molecule has 0 saturated carbocycles. The van der Waals surface area contributed by atoms with E-state index in [-0.39, 0.29) is 6.42 Å². The molecule has 2 N–H and O–H groups in total. The van der Waals surface area contributed by atoms with Crippen molar-refractivity contribution in [3.05, 3.63) is 0 Å². The van der Waals surface area contributed by atoms with Crippen molar-refractivity contribution in [3.8, 4) is 0 Å². The maximum atomic E-state index is 11.9. The summed E-state index contributed by atoms with van der Waals surface area (Å²) >= 11 is 0. The molecular formula is C9H17F3O3. The molecule has 0 fully saturated rings. The number of aliphatic hydroxyl groups excluding tert-OH is 2. The van der Waals surface area contributed by atoms with Crippen molar-refractivity contribution in [1.29, 1.82) is 0 Å². The largest absolute Gasteiger partial charge is 0.416 e. The first-order valence-corrected chi connectivity index (χ1v) is 4.90. The van der Waals surface area contributed by atoms with E-state index in [0.29, 0.717) is 26.1 Å². The molecule has 6 heteroatoms. The second-order valence-corrected chi connectivity index (χ2v) is 3.25. The number of unbranched alkanes of at least 4 members (excludes halogenated alkanes) is 1. The van der Waals surface area contributed by atoms with E-state index in [1.54, 1.807) is 0 Å². The van der Waals surface area contributed by atoms with E-state index in [1.165, 1.54) is 0 Å². The summed E-state index contributed by atoms with van der Waals surface area (Å²) in [5.41, 5.74) is 0. The summed E-state index contributed by atoms with van der Waals surface area (Å²) in [6.45, 7) is 2.85. The average Bonchev–Trinajstić information content (AvgIpc) is 2.14. The molecule has 0 radical (unpaired) electrons. The van der Waals surface area contributed by atoms with Gasteiger partial charge in [-0.3, -0.25) is 0 Å². The lowest BCUT2D eigenvalue weighted by atomic mass is 10.1. The third-order valence-corrected chi connectivity index (χ3v) is 1.94. The Morgan fingerprint density at radius 1 is 1.20 bits per heavy atom. The zero-order chi connectivity index (χ0) is 11.9. The van der Waals surface area contributed by atoms with E-state index >= 15 is 0 Å². The molecule has 0 saturated heterocycles. The van der Waals surface area contributed by atoms with Gasteiger partial charge in [0.2, 0.25) is 0 Å². The first-order chi connectivity index (χ1) is 6.89. The molecule has 15 heavy (non-hydrogen) atoms. The van der Waals surface area contributed by atoms with Gasteiger partial charge in [-0.2, -0.15) is 13.2 Å². The lowest BCUT2D eigenvalue weighted by Gasteiger charge is -2.20. The van der Waals surface area contributed by atoms with Crippen molar-refractivity contribution in [2.24, 2.45) is 0 Å². The highest BCUT2D eigenvalue weighted by Crippen LogP contribution is 2.24. The van der Waals surface area contributed by atoms with Crippen molar-refractivity contribution in [2.45, 2.75) is 44.6 Å². The van der Waals surface area contributed by atoms with Gasteiger partial charge in [0.1, 0.15) is 0 Å². The highest BCUT2D eigenvalue weighted by Gasteiger charge is 2.42. The van der Waals surface area contributed by atoms with Gasteiger partial charge in [-0.1, -0.05) is 0 Å². The minimum absolute atomic E-state index is 0.0756. The zero-order valence-corrected chi connectivity index (χ0v) is 8.63. The minimum Gasteiger partial charge on any atom is -0.390 e. The fourth-order valence-corrected chi connectivity index (χ4v) is 1.08. The van der Waals surface area contributed by atoms with Crippen molar-refractivity contribution < 1.29 is 28.1 Å². The van der Waals surface area contributed by atoms with E-state index in [4.69, 9.17) is 14.9 Å². The molecule has 0 amide bonds. The van der Waals surface area contributed by atoms with Crippen molar-refractivity contribution in [2.75, 3.05) is 13.2 Å². The third kappa shape index (κ3) is 6.70. The van der Waals surface area contributed by atoms with Crippen LogP contribution in [0.4, 0.5) is 13.2 Å². The Morgan fingerprint density at radius 3 is 2.27 bits per heavy atom. The van der Waals surface area contributed by atoms with Gasteiger partial charge >= 0.3 is 6.18 Å². The molecule has 0 aromatic heterocycles. The van der Waals surface area contributed by atoms with Gasteiger partial charge in [0, 0.05) is 13.2 Å². The number of alkyl halides is 3. The van der Waals surface area contributed by atoms with Crippen molar-refractivity contribution in [3.63, 3.8) is 0 Å². The molecule has 0 rings (SSSR count). The Hall–Kier alpha value is -0.330. The first-order valence-electron chi connectivity index (χ1n) is 4.90. The van der Waals surface area contributed by atoms with E-state index < -0.39 is 18.4 Å². The van der Waals surface area contributed by atoms with Crippen LogP contribution in [0.1, 0.15) is 26.2 Å². The molecule has 0 spiro atoms. The molecule has 0 aromatic carbocycles. The topological polar surface area (TPSA) is 49.7 Å². The van der Waals surface area contributed by atoms with Crippen LogP contribution in [-0.4, -0.2) is 41.8 Å². The van der Waals surface area contributed by atoms with Gasteiger partial charge in [0.25, 0.3) is 0 Å². The Morgan fingerprint density at radius 2 is 1.80 bits per heavy atom. The van der Waals surface area contributed by atoms with Gasteiger partial charge in [0.15, 0.2) is 6.10 Å². The van der Waals surface area contributed by atoms with E-state index in [1.807, 2.05) is 6.92 Å². The first kappa shape index (κ1) is 14.7. The van der Waals surface area contributed by atoms with Crippen LogP contribution < -0.4 is 0 Å². The summed E-state index contributed by atoms with van der Waals surface area (Å²) in [6.07, 6.45) is -8.24. The Labute approximate surface area is 86.9 Å². The molecule has 0 aliphatic carbocycles. The Kier molecular flexibility index (Phi) is 6.87. The number of halogens is 3. The number of hydrogen-bond donors (Lipinski definition) is 2. The summed E-state index contributed by atoms with van der Waals surface area (Å²) in [5, 5.41) is 17.6. The maximum absolute atomic E-state index is 11.9. The molecule has 2 unspecified atom stereocenters. The highest BCUT2D eigenvalue weighted by molar-refractivity contribution is 4.74. The molecular weight excluding hydrogens is 213 g/mol. The summed E-state index contributed by atoms with van der Waals surface area (Å²) in [6, 6.07) is 0. The predicted octanol–water partition coefficient (Wildman–Crippen LogP) is 1.48. The molecule has 0 heterocycles. The average molecular weight is 230 g/mol. The second kappa shape index (κ2) is 7.03. The van der Waals surface area contributed by atoms with E-state index in [0.717, 1.165) is 0 Å². The Bertz CT molecular complexity index is 161. The monoisotopic (exact) mass is 230 g/mol. The van der Waals surface area contributed by atoms with Crippen molar-refractivity contribution >= 4 is 0 Å². The molecule has 3 nitrogen and oxygen atoms in total.